The van der Waals surface area contributed by atoms with Crippen molar-refractivity contribution >= 4 is 11.8 Å². The summed E-state index contributed by atoms with van der Waals surface area (Å²) in [6.07, 6.45) is 4.91. The van der Waals surface area contributed by atoms with Gasteiger partial charge in [0.1, 0.15) is 11.6 Å². The first-order chi connectivity index (χ1) is 12.6. The van der Waals surface area contributed by atoms with Crippen LogP contribution in [0.2, 0.25) is 0 Å². The van der Waals surface area contributed by atoms with Gasteiger partial charge in [-0.3, -0.25) is 4.90 Å². The number of hydrogen-bond donors (Lipinski definition) is 2. The lowest BCUT2D eigenvalue weighted by atomic mass is 10.0. The molecule has 0 aliphatic carbocycles. The van der Waals surface area contributed by atoms with E-state index in [-0.39, 0.29) is 17.8 Å². The zero-order chi connectivity index (χ0) is 18.5. The molecule has 1 atom stereocenters. The van der Waals surface area contributed by atoms with Gasteiger partial charge in [0.05, 0.1) is 6.04 Å². The van der Waals surface area contributed by atoms with Crippen molar-refractivity contribution in [3.8, 4) is 0 Å². The third kappa shape index (κ3) is 4.19. The predicted molar refractivity (Wildman–Crippen MR) is 104 cm³/mol. The highest BCUT2D eigenvalue weighted by atomic mass is 19.1. The molecule has 1 saturated heterocycles. The summed E-state index contributed by atoms with van der Waals surface area (Å²) >= 11 is 0. The van der Waals surface area contributed by atoms with E-state index < -0.39 is 0 Å². The zero-order valence-electron chi connectivity index (χ0n) is 15.2. The minimum atomic E-state index is -0.214. The Balaban J connectivity index is 1.84. The van der Waals surface area contributed by atoms with Gasteiger partial charge in [0.15, 0.2) is 0 Å². The van der Waals surface area contributed by atoms with Gasteiger partial charge in [-0.15, -0.1) is 6.58 Å². The van der Waals surface area contributed by atoms with Gasteiger partial charge in [0, 0.05) is 17.8 Å². The van der Waals surface area contributed by atoms with Crippen LogP contribution in [0, 0.1) is 12.7 Å². The second-order valence-corrected chi connectivity index (χ2v) is 6.68. The standard InChI is InChI=1S/C20H26FN5/c1-3-6-17-14(2)24-20(22)25-19(17)23-13-18(26-11-4-5-12-26)15-7-9-16(21)10-8-15/h3,7-10,18H,1,4-6,11-13H2,2H3,(H3,22,23,24,25)/t18-/m0/s1. The van der Waals surface area contributed by atoms with Crippen LogP contribution < -0.4 is 11.1 Å². The van der Waals surface area contributed by atoms with Gasteiger partial charge in [0.2, 0.25) is 5.95 Å². The Kier molecular flexibility index (Phi) is 5.83. The van der Waals surface area contributed by atoms with Crippen LogP contribution in [0.25, 0.3) is 0 Å². The predicted octanol–water partition coefficient (Wildman–Crippen LogP) is 3.48. The number of nitrogen functional groups attached to an aromatic ring is 1. The van der Waals surface area contributed by atoms with Crippen molar-refractivity contribution in [2.24, 2.45) is 0 Å². The molecule has 2 aromatic rings. The maximum atomic E-state index is 13.3. The molecule has 0 radical (unpaired) electrons. The molecule has 0 unspecified atom stereocenters. The fraction of sp³-hybridized carbons (Fsp3) is 0.400. The Morgan fingerprint density at radius 2 is 1.96 bits per heavy atom. The molecule has 6 heteroatoms. The van der Waals surface area contributed by atoms with Crippen LogP contribution in [0.5, 0.6) is 0 Å². The Hall–Kier alpha value is -2.47. The van der Waals surface area contributed by atoms with Gasteiger partial charge in [-0.05, 0) is 57.0 Å². The Morgan fingerprint density at radius 1 is 1.27 bits per heavy atom. The number of allylic oxidation sites excluding steroid dienone is 1. The van der Waals surface area contributed by atoms with E-state index in [1.807, 2.05) is 25.1 Å². The van der Waals surface area contributed by atoms with Crippen LogP contribution in [0.1, 0.15) is 35.7 Å². The van der Waals surface area contributed by atoms with E-state index >= 15 is 0 Å². The van der Waals surface area contributed by atoms with Crippen molar-refractivity contribution in [1.29, 1.82) is 0 Å². The molecule has 5 nitrogen and oxygen atoms in total. The lowest BCUT2D eigenvalue weighted by Crippen LogP contribution is -2.31. The van der Waals surface area contributed by atoms with Crippen LogP contribution in [0.3, 0.4) is 0 Å². The molecular weight excluding hydrogens is 329 g/mol. The number of aryl methyl sites for hydroxylation is 1. The highest BCUT2D eigenvalue weighted by Gasteiger charge is 2.24. The van der Waals surface area contributed by atoms with Gasteiger partial charge in [-0.25, -0.2) is 9.37 Å². The summed E-state index contributed by atoms with van der Waals surface area (Å²) in [5.74, 6) is 0.799. The number of rotatable bonds is 7. The summed E-state index contributed by atoms with van der Waals surface area (Å²) in [6, 6.07) is 6.93. The van der Waals surface area contributed by atoms with Gasteiger partial charge in [-0.1, -0.05) is 18.2 Å². The summed E-state index contributed by atoms with van der Waals surface area (Å²) < 4.78 is 13.3. The Labute approximate surface area is 154 Å². The summed E-state index contributed by atoms with van der Waals surface area (Å²) in [4.78, 5) is 11.1. The third-order valence-corrected chi connectivity index (χ3v) is 4.88. The Bertz CT molecular complexity index is 754. The van der Waals surface area contributed by atoms with Crippen LogP contribution in [0.4, 0.5) is 16.2 Å². The first kappa shape index (κ1) is 18.3. The molecule has 0 amide bonds. The normalized spacial score (nSPS) is 15.8. The fourth-order valence-corrected chi connectivity index (χ4v) is 3.54. The monoisotopic (exact) mass is 355 g/mol. The maximum absolute atomic E-state index is 13.3. The van der Waals surface area contributed by atoms with E-state index in [9.17, 15) is 4.39 Å². The van der Waals surface area contributed by atoms with E-state index in [1.54, 1.807) is 0 Å². The first-order valence-corrected chi connectivity index (χ1v) is 9.05. The number of likely N-dealkylation sites (tertiary alicyclic amines) is 1. The van der Waals surface area contributed by atoms with Crippen LogP contribution in [-0.4, -0.2) is 34.5 Å². The number of aromatic nitrogens is 2. The van der Waals surface area contributed by atoms with E-state index in [4.69, 9.17) is 5.73 Å². The van der Waals surface area contributed by atoms with Gasteiger partial charge in [0.25, 0.3) is 0 Å². The van der Waals surface area contributed by atoms with Crippen molar-refractivity contribution in [2.75, 3.05) is 30.7 Å². The van der Waals surface area contributed by atoms with Crippen molar-refractivity contribution in [3.05, 3.63) is 59.6 Å². The number of nitrogens with two attached hydrogens (primary N) is 1. The third-order valence-electron chi connectivity index (χ3n) is 4.88. The summed E-state index contributed by atoms with van der Waals surface area (Å²) in [7, 11) is 0. The quantitative estimate of drug-likeness (QED) is 0.744. The van der Waals surface area contributed by atoms with E-state index in [0.717, 1.165) is 35.7 Å². The minimum Gasteiger partial charge on any atom is -0.368 e. The summed E-state index contributed by atoms with van der Waals surface area (Å²) in [5.41, 5.74) is 8.81. The second-order valence-electron chi connectivity index (χ2n) is 6.68. The lowest BCUT2D eigenvalue weighted by molar-refractivity contribution is 0.255. The topological polar surface area (TPSA) is 67.1 Å². The molecule has 26 heavy (non-hydrogen) atoms. The molecule has 2 heterocycles. The molecule has 0 bridgehead atoms. The average Bonchev–Trinajstić information content (AvgIpc) is 3.14. The fourth-order valence-electron chi connectivity index (χ4n) is 3.54. The number of hydrogen-bond acceptors (Lipinski definition) is 5. The first-order valence-electron chi connectivity index (χ1n) is 9.05. The van der Waals surface area contributed by atoms with Gasteiger partial charge in [-0.2, -0.15) is 4.98 Å². The molecule has 138 valence electrons. The number of anilines is 2. The molecule has 3 rings (SSSR count). The molecule has 1 aromatic heterocycles. The van der Waals surface area contributed by atoms with E-state index in [2.05, 4.69) is 26.8 Å². The van der Waals surface area contributed by atoms with Crippen molar-refractivity contribution in [3.63, 3.8) is 0 Å². The van der Waals surface area contributed by atoms with Crippen LogP contribution >= 0.6 is 0 Å². The highest BCUT2D eigenvalue weighted by Crippen LogP contribution is 2.27. The van der Waals surface area contributed by atoms with E-state index in [0.29, 0.717) is 13.0 Å². The molecular formula is C20H26FN5. The summed E-state index contributed by atoms with van der Waals surface area (Å²) in [6.45, 7) is 8.52. The molecule has 0 spiro atoms. The number of nitrogens with zero attached hydrogens (tertiary/aromatic N) is 3. The smallest absolute Gasteiger partial charge is 0.222 e. The number of halogens is 1. The van der Waals surface area contributed by atoms with Gasteiger partial charge < -0.3 is 11.1 Å². The van der Waals surface area contributed by atoms with Crippen molar-refractivity contribution < 1.29 is 4.39 Å². The van der Waals surface area contributed by atoms with Crippen molar-refractivity contribution in [1.82, 2.24) is 14.9 Å². The molecule has 3 N–H and O–H groups in total. The highest BCUT2D eigenvalue weighted by molar-refractivity contribution is 5.50. The maximum Gasteiger partial charge on any atom is 0.222 e. The van der Waals surface area contributed by atoms with Crippen molar-refractivity contribution in [2.45, 2.75) is 32.2 Å². The van der Waals surface area contributed by atoms with E-state index in [1.165, 1.54) is 25.0 Å². The largest absolute Gasteiger partial charge is 0.368 e. The average molecular weight is 355 g/mol. The Morgan fingerprint density at radius 3 is 2.62 bits per heavy atom. The number of benzene rings is 1. The second kappa shape index (κ2) is 8.27. The molecule has 1 fully saturated rings. The van der Waals surface area contributed by atoms with Gasteiger partial charge >= 0.3 is 0 Å². The minimum absolute atomic E-state index is 0.158. The van der Waals surface area contributed by atoms with Crippen LogP contribution in [0.15, 0.2) is 36.9 Å². The molecule has 0 saturated carbocycles. The summed E-state index contributed by atoms with van der Waals surface area (Å²) in [5, 5.41) is 3.46. The molecule has 1 aliphatic heterocycles. The lowest BCUT2D eigenvalue weighted by Gasteiger charge is -2.29. The van der Waals surface area contributed by atoms with Crippen LogP contribution in [-0.2, 0) is 6.42 Å². The zero-order valence-corrected chi connectivity index (χ0v) is 15.2. The SMILES string of the molecule is C=CCc1c(C)nc(N)nc1NC[C@@H](c1ccc(F)cc1)N1CCCC1. The molecule has 1 aliphatic rings. The molecule has 1 aromatic carbocycles. The number of nitrogens with one attached hydrogen (secondary N) is 1.